The van der Waals surface area contributed by atoms with Crippen molar-refractivity contribution in [3.63, 3.8) is 0 Å². The minimum absolute atomic E-state index is 0.143. The molecule has 23 heavy (non-hydrogen) atoms. The Morgan fingerprint density at radius 2 is 2.04 bits per heavy atom. The predicted molar refractivity (Wildman–Crippen MR) is 80.5 cm³/mol. The summed E-state index contributed by atoms with van der Waals surface area (Å²) in [6.45, 7) is 0.143. The number of nitrogens with zero attached hydrogens (tertiary/aromatic N) is 1. The Labute approximate surface area is 133 Å². The van der Waals surface area contributed by atoms with Gasteiger partial charge in [0.05, 0.1) is 6.04 Å². The number of rotatable bonds is 3. The van der Waals surface area contributed by atoms with Gasteiger partial charge < -0.3 is 9.84 Å². The van der Waals surface area contributed by atoms with Crippen molar-refractivity contribution < 1.29 is 23.8 Å². The van der Waals surface area contributed by atoms with Crippen molar-refractivity contribution in [1.29, 1.82) is 0 Å². The number of carboxylic acids is 1. The Morgan fingerprint density at radius 3 is 2.74 bits per heavy atom. The molecule has 5 nitrogen and oxygen atoms in total. The van der Waals surface area contributed by atoms with Crippen LogP contribution in [0.4, 0.5) is 9.18 Å². The quantitative estimate of drug-likeness (QED) is 0.870. The lowest BCUT2D eigenvalue weighted by molar-refractivity contribution is -0.131. The van der Waals surface area contributed by atoms with Crippen LogP contribution in [0.3, 0.4) is 0 Å². The highest BCUT2D eigenvalue weighted by Gasteiger charge is 2.48. The molecule has 2 aliphatic heterocycles. The van der Waals surface area contributed by atoms with E-state index in [9.17, 15) is 14.0 Å². The Kier molecular flexibility index (Phi) is 4.32. The van der Waals surface area contributed by atoms with Crippen LogP contribution in [0.25, 0.3) is 0 Å². The molecule has 1 aromatic rings. The number of piperidine rings is 1. The van der Waals surface area contributed by atoms with Crippen molar-refractivity contribution in [3.05, 3.63) is 47.5 Å². The minimum atomic E-state index is -1.44. The Balaban J connectivity index is 1.67. The molecule has 0 aromatic heterocycles. The van der Waals surface area contributed by atoms with E-state index in [1.807, 2.05) is 30.3 Å². The van der Waals surface area contributed by atoms with Gasteiger partial charge in [0.1, 0.15) is 12.8 Å². The molecule has 1 amide bonds. The number of fused-ring (bicyclic) bond motifs is 2. The first kappa shape index (κ1) is 15.5. The van der Waals surface area contributed by atoms with Crippen LogP contribution >= 0.6 is 0 Å². The van der Waals surface area contributed by atoms with Crippen molar-refractivity contribution >= 4 is 12.1 Å². The number of carboxylic acid groups (broad SMARTS) is 1. The predicted octanol–water partition coefficient (Wildman–Crippen LogP) is 2.91. The number of amides is 1. The van der Waals surface area contributed by atoms with Crippen LogP contribution < -0.4 is 0 Å². The van der Waals surface area contributed by atoms with Crippen molar-refractivity contribution in [3.8, 4) is 0 Å². The third-order valence-electron chi connectivity index (χ3n) is 4.43. The number of alkyl halides is 1. The highest BCUT2D eigenvalue weighted by molar-refractivity contribution is 5.81. The van der Waals surface area contributed by atoms with Gasteiger partial charge in [-0.05, 0) is 30.4 Å². The molecule has 2 saturated heterocycles. The second kappa shape index (κ2) is 6.40. The Bertz CT molecular complexity index is 631. The normalized spacial score (nSPS) is 28.0. The summed E-state index contributed by atoms with van der Waals surface area (Å²) in [4.78, 5) is 24.5. The number of hydrogen-bond acceptors (Lipinski definition) is 3. The van der Waals surface area contributed by atoms with E-state index in [0.717, 1.165) is 11.6 Å². The third-order valence-corrected chi connectivity index (χ3v) is 4.43. The fraction of sp³-hybridized carbons (Fsp3) is 0.412. The smallest absolute Gasteiger partial charge is 0.410 e. The molecule has 2 heterocycles. The fourth-order valence-corrected chi connectivity index (χ4v) is 3.41. The monoisotopic (exact) mass is 319 g/mol. The zero-order valence-electron chi connectivity index (χ0n) is 12.5. The Hall–Kier alpha value is -2.37. The zero-order valence-corrected chi connectivity index (χ0v) is 12.5. The van der Waals surface area contributed by atoms with E-state index in [1.54, 1.807) is 0 Å². The summed E-state index contributed by atoms with van der Waals surface area (Å²) in [5.74, 6) is -1.15. The van der Waals surface area contributed by atoms with Gasteiger partial charge in [-0.15, -0.1) is 0 Å². The van der Waals surface area contributed by atoms with Crippen molar-refractivity contribution in [1.82, 2.24) is 4.90 Å². The molecule has 2 bridgehead atoms. The second-order valence-electron chi connectivity index (χ2n) is 5.91. The summed E-state index contributed by atoms with van der Waals surface area (Å²) in [6.07, 6.45) is 0.422. The van der Waals surface area contributed by atoms with Gasteiger partial charge in [-0.2, -0.15) is 0 Å². The van der Waals surface area contributed by atoms with E-state index in [1.165, 1.54) is 4.90 Å². The average Bonchev–Trinajstić information content (AvgIpc) is 2.88. The summed E-state index contributed by atoms with van der Waals surface area (Å²) >= 11 is 0. The maximum Gasteiger partial charge on any atom is 0.410 e. The van der Waals surface area contributed by atoms with Crippen LogP contribution in [-0.2, 0) is 16.1 Å². The summed E-state index contributed by atoms with van der Waals surface area (Å²) in [6, 6.07) is 8.49. The van der Waals surface area contributed by atoms with Crippen molar-refractivity contribution in [2.45, 2.75) is 44.1 Å². The van der Waals surface area contributed by atoms with Gasteiger partial charge in [0.15, 0.2) is 0 Å². The highest BCUT2D eigenvalue weighted by Crippen LogP contribution is 2.40. The molecule has 0 spiro atoms. The summed E-state index contributed by atoms with van der Waals surface area (Å²) < 4.78 is 19.8. The van der Waals surface area contributed by atoms with E-state index in [4.69, 9.17) is 9.84 Å². The largest absolute Gasteiger partial charge is 0.478 e. The molecule has 3 rings (SSSR count). The van der Waals surface area contributed by atoms with Gasteiger partial charge in [0.2, 0.25) is 0 Å². The zero-order chi connectivity index (χ0) is 16.4. The van der Waals surface area contributed by atoms with Gasteiger partial charge in [-0.1, -0.05) is 30.3 Å². The van der Waals surface area contributed by atoms with Crippen LogP contribution in [0.1, 0.15) is 24.8 Å². The topological polar surface area (TPSA) is 66.8 Å². The average molecular weight is 319 g/mol. The van der Waals surface area contributed by atoms with E-state index in [0.29, 0.717) is 12.8 Å². The van der Waals surface area contributed by atoms with Gasteiger partial charge in [0.25, 0.3) is 0 Å². The van der Waals surface area contributed by atoms with Crippen LogP contribution in [0, 0.1) is 0 Å². The van der Waals surface area contributed by atoms with E-state index in [-0.39, 0.29) is 24.6 Å². The number of halogens is 1. The van der Waals surface area contributed by atoms with E-state index in [2.05, 4.69) is 0 Å². The van der Waals surface area contributed by atoms with Crippen molar-refractivity contribution in [2.75, 3.05) is 0 Å². The molecule has 0 radical (unpaired) electrons. The molecule has 3 unspecified atom stereocenters. The molecule has 2 aliphatic rings. The molecule has 122 valence electrons. The SMILES string of the molecule is O=C(O)/C=C1/CC2CCC(C1F)N2C(=O)OCc1ccccc1. The molecule has 6 heteroatoms. The number of carbonyl (C=O) groups is 2. The lowest BCUT2D eigenvalue weighted by Gasteiger charge is -2.37. The lowest BCUT2D eigenvalue weighted by Crippen LogP contribution is -2.50. The summed E-state index contributed by atoms with van der Waals surface area (Å²) in [5, 5.41) is 8.81. The van der Waals surface area contributed by atoms with Crippen LogP contribution in [0.15, 0.2) is 42.0 Å². The number of carbonyl (C=O) groups excluding carboxylic acids is 1. The van der Waals surface area contributed by atoms with E-state index < -0.39 is 24.3 Å². The molecule has 0 saturated carbocycles. The first-order chi connectivity index (χ1) is 11.1. The van der Waals surface area contributed by atoms with Gasteiger partial charge in [-0.3, -0.25) is 4.90 Å². The molecule has 1 N–H and O–H groups in total. The first-order valence-corrected chi connectivity index (χ1v) is 7.62. The van der Waals surface area contributed by atoms with Gasteiger partial charge in [0, 0.05) is 12.1 Å². The van der Waals surface area contributed by atoms with Crippen LogP contribution in [0.5, 0.6) is 0 Å². The van der Waals surface area contributed by atoms with Crippen molar-refractivity contribution in [2.24, 2.45) is 0 Å². The molecule has 1 aromatic carbocycles. The maximum atomic E-state index is 14.5. The standard InChI is InChI=1S/C17H18FNO4/c18-16-12(9-15(20)21)8-13-6-7-14(16)19(13)17(22)23-10-11-4-2-1-3-5-11/h1-5,9,13-14,16H,6-8,10H2,(H,20,21)/b12-9-. The lowest BCUT2D eigenvalue weighted by atomic mass is 9.95. The molecule has 2 fully saturated rings. The summed E-state index contributed by atoms with van der Waals surface area (Å²) in [7, 11) is 0. The summed E-state index contributed by atoms with van der Waals surface area (Å²) in [5.41, 5.74) is 1.13. The molecular formula is C17H18FNO4. The van der Waals surface area contributed by atoms with Gasteiger partial charge >= 0.3 is 12.1 Å². The first-order valence-electron chi connectivity index (χ1n) is 7.62. The van der Waals surface area contributed by atoms with Crippen LogP contribution in [0.2, 0.25) is 0 Å². The Morgan fingerprint density at radius 1 is 1.30 bits per heavy atom. The third kappa shape index (κ3) is 3.21. The fourth-order valence-electron chi connectivity index (χ4n) is 3.41. The number of ether oxygens (including phenoxy) is 1. The number of aliphatic carboxylic acids is 1. The van der Waals surface area contributed by atoms with E-state index >= 15 is 0 Å². The molecule has 0 aliphatic carbocycles. The maximum absolute atomic E-state index is 14.5. The molecule has 3 atom stereocenters. The number of hydrogen-bond donors (Lipinski definition) is 1. The second-order valence-corrected chi connectivity index (χ2v) is 5.91. The number of benzene rings is 1. The van der Waals surface area contributed by atoms with Gasteiger partial charge in [-0.25, -0.2) is 14.0 Å². The highest BCUT2D eigenvalue weighted by atomic mass is 19.1. The van der Waals surface area contributed by atoms with Crippen LogP contribution in [-0.4, -0.2) is 40.3 Å². The minimum Gasteiger partial charge on any atom is -0.478 e. The molecular weight excluding hydrogens is 301 g/mol.